The molecule has 0 radical (unpaired) electrons. The quantitative estimate of drug-likeness (QED) is 0.523. The normalized spacial score (nSPS) is 9.83. The topological polar surface area (TPSA) is 87.4 Å². The average Bonchev–Trinajstić information content (AvgIpc) is 2.39. The van der Waals surface area contributed by atoms with Crippen LogP contribution in [0.2, 0.25) is 5.15 Å². The fourth-order valence-electron chi connectivity index (χ4n) is 1.18. The maximum atomic E-state index is 9.04. The van der Waals surface area contributed by atoms with Crippen molar-refractivity contribution in [2.24, 2.45) is 0 Å². The van der Waals surface area contributed by atoms with Gasteiger partial charge in [0.25, 0.3) is 0 Å². The Labute approximate surface area is 112 Å². The predicted molar refractivity (Wildman–Crippen MR) is 68.9 cm³/mol. The molecule has 0 amide bonds. The molecule has 1 N–H and O–H groups in total. The van der Waals surface area contributed by atoms with E-state index in [4.69, 9.17) is 16.9 Å². The van der Waals surface area contributed by atoms with Crippen LogP contribution in [0.15, 0.2) is 23.7 Å². The molecule has 0 bridgehead atoms. The number of nitrogens with one attached hydrogen (secondary N) is 1. The van der Waals surface area contributed by atoms with Crippen LogP contribution in [-0.4, -0.2) is 26.2 Å². The Bertz CT molecular complexity index is 597. The van der Waals surface area contributed by atoms with Crippen molar-refractivity contribution in [3.05, 3.63) is 29.3 Å². The monoisotopic (exact) mass is 278 g/mol. The van der Waals surface area contributed by atoms with Crippen molar-refractivity contribution in [2.75, 3.05) is 11.6 Å². The second-order valence-corrected chi connectivity index (χ2v) is 4.18. The summed E-state index contributed by atoms with van der Waals surface area (Å²) in [6.07, 6.45) is 6.43. The Morgan fingerprint density at radius 3 is 2.83 bits per heavy atom. The largest absolute Gasteiger partial charge is 0.322 e. The van der Waals surface area contributed by atoms with E-state index in [9.17, 15) is 0 Å². The lowest BCUT2D eigenvalue weighted by Crippen LogP contribution is -2.02. The third-order valence-corrected chi connectivity index (χ3v) is 2.77. The number of hydrogen-bond donors (Lipinski definition) is 1. The molecule has 0 atom stereocenters. The van der Waals surface area contributed by atoms with Crippen molar-refractivity contribution in [1.29, 1.82) is 5.26 Å². The summed E-state index contributed by atoms with van der Waals surface area (Å²) in [6.45, 7) is 0. The molecule has 2 rings (SSSR count). The molecule has 18 heavy (non-hydrogen) atoms. The van der Waals surface area contributed by atoms with Gasteiger partial charge in [0.05, 0.1) is 6.20 Å². The van der Waals surface area contributed by atoms with Crippen molar-refractivity contribution in [3.8, 4) is 6.07 Å². The van der Waals surface area contributed by atoms with Gasteiger partial charge < -0.3 is 5.32 Å². The molecule has 0 fully saturated rings. The first-order chi connectivity index (χ1) is 8.74. The van der Waals surface area contributed by atoms with Crippen LogP contribution in [0, 0.1) is 11.3 Å². The molecule has 2 aromatic heterocycles. The summed E-state index contributed by atoms with van der Waals surface area (Å²) in [5, 5.41) is 12.5. The van der Waals surface area contributed by atoms with E-state index in [0.29, 0.717) is 16.8 Å². The van der Waals surface area contributed by atoms with Crippen LogP contribution in [0.25, 0.3) is 0 Å². The molecule has 6 nitrogen and oxygen atoms in total. The summed E-state index contributed by atoms with van der Waals surface area (Å²) in [7, 11) is 0. The van der Waals surface area contributed by atoms with Gasteiger partial charge in [0, 0.05) is 12.4 Å². The minimum absolute atomic E-state index is 0.114. The summed E-state index contributed by atoms with van der Waals surface area (Å²) in [5.41, 5.74) is 0.181. The molecule has 0 aliphatic heterocycles. The van der Waals surface area contributed by atoms with Gasteiger partial charge in [-0.3, -0.25) is 4.98 Å². The molecule has 8 heteroatoms. The molecule has 0 unspecified atom stereocenters. The minimum atomic E-state index is 0.114. The number of aromatic nitrogens is 4. The van der Waals surface area contributed by atoms with Gasteiger partial charge in [-0.15, -0.1) is 0 Å². The van der Waals surface area contributed by atoms with Gasteiger partial charge in [-0.2, -0.15) is 5.26 Å². The third-order valence-electron chi connectivity index (χ3n) is 1.95. The van der Waals surface area contributed by atoms with Gasteiger partial charge in [0.2, 0.25) is 0 Å². The Hall–Kier alpha value is -1.91. The fraction of sp³-hybridized carbons (Fsp3) is 0.100. The fourth-order valence-corrected chi connectivity index (χ4v) is 1.81. The van der Waals surface area contributed by atoms with Crippen molar-refractivity contribution < 1.29 is 0 Å². The lowest BCUT2D eigenvalue weighted by atomic mass is 10.3. The van der Waals surface area contributed by atoms with E-state index in [-0.39, 0.29) is 10.7 Å². The van der Waals surface area contributed by atoms with E-state index < -0.39 is 0 Å². The highest BCUT2D eigenvalue weighted by molar-refractivity contribution is 7.98. The van der Waals surface area contributed by atoms with E-state index >= 15 is 0 Å². The molecule has 0 aliphatic carbocycles. The van der Waals surface area contributed by atoms with Crippen LogP contribution in [0.4, 0.5) is 11.6 Å². The maximum Gasteiger partial charge on any atom is 0.190 e. The first kappa shape index (κ1) is 12.5. The Kier molecular flexibility index (Phi) is 3.92. The molecule has 0 saturated carbocycles. The number of thioether (sulfide) groups is 1. The summed E-state index contributed by atoms with van der Waals surface area (Å²) in [4.78, 5) is 16.1. The first-order valence-electron chi connectivity index (χ1n) is 4.79. The second kappa shape index (κ2) is 5.62. The molecule has 2 aromatic rings. The summed E-state index contributed by atoms with van der Waals surface area (Å²) < 4.78 is 0. The van der Waals surface area contributed by atoms with Crippen LogP contribution in [-0.2, 0) is 0 Å². The van der Waals surface area contributed by atoms with Gasteiger partial charge in [-0.25, -0.2) is 15.0 Å². The number of nitrogens with zero attached hydrogens (tertiary/aromatic N) is 5. The van der Waals surface area contributed by atoms with Gasteiger partial charge in [-0.1, -0.05) is 23.4 Å². The lowest BCUT2D eigenvalue weighted by molar-refractivity contribution is 0.967. The zero-order valence-electron chi connectivity index (χ0n) is 9.25. The highest BCUT2D eigenvalue weighted by Crippen LogP contribution is 2.25. The molecule has 0 spiro atoms. The minimum Gasteiger partial charge on any atom is -0.322 e. The van der Waals surface area contributed by atoms with Crippen molar-refractivity contribution in [1.82, 2.24) is 19.9 Å². The Morgan fingerprint density at radius 2 is 2.22 bits per heavy atom. The van der Waals surface area contributed by atoms with Crippen molar-refractivity contribution in [3.63, 3.8) is 0 Å². The number of nitriles is 1. The number of hydrogen-bond acceptors (Lipinski definition) is 7. The SMILES string of the molecule is CSc1nc(Cl)c(C#N)c(Nc2cnccn2)n1. The number of rotatable bonds is 3. The second-order valence-electron chi connectivity index (χ2n) is 3.05. The molecule has 0 aromatic carbocycles. The smallest absolute Gasteiger partial charge is 0.190 e. The Balaban J connectivity index is 2.43. The molecule has 90 valence electrons. The zero-order valence-corrected chi connectivity index (χ0v) is 10.8. The zero-order chi connectivity index (χ0) is 13.0. The highest BCUT2D eigenvalue weighted by atomic mass is 35.5. The molecular formula is C10H7ClN6S. The number of halogens is 1. The van der Waals surface area contributed by atoms with Crippen LogP contribution in [0.1, 0.15) is 5.56 Å². The maximum absolute atomic E-state index is 9.04. The molecule has 0 aliphatic rings. The van der Waals surface area contributed by atoms with E-state index in [1.165, 1.54) is 24.2 Å². The molecular weight excluding hydrogens is 272 g/mol. The van der Waals surface area contributed by atoms with Crippen molar-refractivity contribution >= 4 is 35.0 Å². The standard InChI is InChI=1S/C10H7ClN6S/c1-18-10-16-8(11)6(4-12)9(17-10)15-7-5-13-2-3-14-7/h2-3,5H,1H3,(H,14,15,16,17). The van der Waals surface area contributed by atoms with Crippen LogP contribution < -0.4 is 5.32 Å². The summed E-state index contributed by atoms with van der Waals surface area (Å²) >= 11 is 7.25. The average molecular weight is 279 g/mol. The van der Waals surface area contributed by atoms with Gasteiger partial charge in [0.15, 0.2) is 16.1 Å². The molecule has 0 saturated heterocycles. The van der Waals surface area contributed by atoms with E-state index in [0.717, 1.165) is 0 Å². The van der Waals surface area contributed by atoms with Crippen LogP contribution >= 0.6 is 23.4 Å². The molecule has 2 heterocycles. The van der Waals surface area contributed by atoms with E-state index in [1.54, 1.807) is 6.20 Å². The summed E-state index contributed by atoms with van der Waals surface area (Å²) in [6, 6.07) is 1.96. The summed E-state index contributed by atoms with van der Waals surface area (Å²) in [5.74, 6) is 0.804. The Morgan fingerprint density at radius 1 is 1.39 bits per heavy atom. The number of anilines is 2. The first-order valence-corrected chi connectivity index (χ1v) is 6.39. The van der Waals surface area contributed by atoms with E-state index in [2.05, 4.69) is 25.3 Å². The third kappa shape index (κ3) is 2.67. The van der Waals surface area contributed by atoms with E-state index in [1.807, 2.05) is 12.3 Å². The predicted octanol–water partition coefficient (Wildman–Crippen LogP) is 2.26. The van der Waals surface area contributed by atoms with Gasteiger partial charge in [-0.05, 0) is 6.26 Å². The highest BCUT2D eigenvalue weighted by Gasteiger charge is 2.13. The van der Waals surface area contributed by atoms with Gasteiger partial charge >= 0.3 is 0 Å². The van der Waals surface area contributed by atoms with Crippen molar-refractivity contribution in [2.45, 2.75) is 5.16 Å². The van der Waals surface area contributed by atoms with Crippen LogP contribution in [0.5, 0.6) is 0 Å². The van der Waals surface area contributed by atoms with Crippen LogP contribution in [0.3, 0.4) is 0 Å². The van der Waals surface area contributed by atoms with Gasteiger partial charge in [0.1, 0.15) is 17.5 Å². The lowest BCUT2D eigenvalue weighted by Gasteiger charge is -2.07.